The van der Waals surface area contributed by atoms with E-state index < -0.39 is 35.9 Å². The molecule has 1 aromatic carbocycles. The number of methoxy groups -OCH3 is 2. The third-order valence-corrected chi connectivity index (χ3v) is 12.1. The average molecular weight is 794 g/mol. The van der Waals surface area contributed by atoms with E-state index in [0.29, 0.717) is 55.4 Å². The highest BCUT2D eigenvalue weighted by Gasteiger charge is 2.52. The van der Waals surface area contributed by atoms with Gasteiger partial charge in [0.2, 0.25) is 11.8 Å². The maximum absolute atomic E-state index is 15.9. The van der Waals surface area contributed by atoms with Crippen LogP contribution in [0.1, 0.15) is 102 Å². The van der Waals surface area contributed by atoms with Crippen LogP contribution >= 0.6 is 0 Å². The SMILES string of the molecule is COC(=O)N[C@H](C(=O)N1CCC[C@H]1c1ncc(-c2cc(F)c(N3CCC(c4cnc([C@@H]5CCCN5C(=O)[C@@H](NC(=O)OC)C(C)C)[nH]4)[C@H]4C[C@H]43)c(F)c2)[nH]1)C(C)C. The molecule has 4 N–H and O–H groups in total. The smallest absolute Gasteiger partial charge is 0.407 e. The summed E-state index contributed by atoms with van der Waals surface area (Å²) in [7, 11) is 2.52. The Balaban J connectivity index is 1.01. The number of hydrogen-bond donors (Lipinski definition) is 4. The number of carbonyl (C=O) groups excluding carboxylic acids is 4. The third kappa shape index (κ3) is 7.89. The Kier molecular flexibility index (Phi) is 11.5. The molecule has 57 heavy (non-hydrogen) atoms. The third-order valence-electron chi connectivity index (χ3n) is 12.1. The quantitative estimate of drug-likeness (QED) is 0.194. The normalized spacial score (nSPS) is 24.0. The van der Waals surface area contributed by atoms with Crippen LogP contribution in [-0.2, 0) is 19.1 Å². The van der Waals surface area contributed by atoms with E-state index in [1.165, 1.54) is 32.5 Å². The van der Waals surface area contributed by atoms with Gasteiger partial charge in [0.15, 0.2) is 0 Å². The summed E-state index contributed by atoms with van der Waals surface area (Å²) in [5.41, 5.74) is 1.66. The number of fused-ring (bicyclic) bond motifs is 1. The van der Waals surface area contributed by atoms with Crippen molar-refractivity contribution in [3.63, 3.8) is 0 Å². The van der Waals surface area contributed by atoms with Crippen molar-refractivity contribution >= 4 is 29.7 Å². The molecule has 7 atom stereocenters. The van der Waals surface area contributed by atoms with Crippen molar-refractivity contribution in [3.05, 3.63) is 53.5 Å². The number of ether oxygens (including phenoxy) is 2. The lowest BCUT2D eigenvalue weighted by atomic mass is 9.92. The molecule has 3 aliphatic heterocycles. The van der Waals surface area contributed by atoms with Gasteiger partial charge in [0, 0.05) is 49.0 Å². The molecule has 4 aliphatic rings. The molecule has 7 rings (SSSR count). The molecule has 3 saturated heterocycles. The lowest BCUT2D eigenvalue weighted by Gasteiger charge is -2.33. The van der Waals surface area contributed by atoms with Crippen molar-refractivity contribution in [3.8, 4) is 11.3 Å². The van der Waals surface area contributed by atoms with Crippen molar-refractivity contribution in [1.29, 1.82) is 0 Å². The number of likely N-dealkylation sites (tertiary alicyclic amines) is 2. The van der Waals surface area contributed by atoms with Crippen molar-refractivity contribution in [2.24, 2.45) is 17.8 Å². The van der Waals surface area contributed by atoms with Gasteiger partial charge in [-0.3, -0.25) is 9.59 Å². The summed E-state index contributed by atoms with van der Waals surface area (Å²) in [4.78, 5) is 72.3. The summed E-state index contributed by atoms with van der Waals surface area (Å²) >= 11 is 0. The van der Waals surface area contributed by atoms with Crippen molar-refractivity contribution in [2.75, 3.05) is 38.8 Å². The number of nitrogens with one attached hydrogen (secondary N) is 4. The molecule has 308 valence electrons. The van der Waals surface area contributed by atoms with Gasteiger partial charge in [0.1, 0.15) is 41.1 Å². The number of aromatic nitrogens is 4. The zero-order valence-corrected chi connectivity index (χ0v) is 33.3. The van der Waals surface area contributed by atoms with Crippen LogP contribution < -0.4 is 15.5 Å². The van der Waals surface area contributed by atoms with E-state index in [0.717, 1.165) is 31.4 Å². The molecule has 1 saturated carbocycles. The second-order valence-electron chi connectivity index (χ2n) is 16.3. The molecule has 0 bridgehead atoms. The van der Waals surface area contributed by atoms with E-state index in [9.17, 15) is 19.2 Å². The summed E-state index contributed by atoms with van der Waals surface area (Å²) in [6.07, 6.45) is 6.42. The van der Waals surface area contributed by atoms with Crippen LogP contribution in [0.15, 0.2) is 24.5 Å². The van der Waals surface area contributed by atoms with E-state index in [2.05, 4.69) is 25.6 Å². The van der Waals surface area contributed by atoms with Crippen LogP contribution in [-0.4, -0.2) is 106 Å². The first-order valence-corrected chi connectivity index (χ1v) is 20.0. The Morgan fingerprint density at radius 2 is 1.30 bits per heavy atom. The number of carbonyl (C=O) groups is 4. The highest BCUT2D eigenvalue weighted by atomic mass is 19.1. The number of aromatic amines is 2. The molecule has 2 aromatic heterocycles. The first-order valence-electron chi connectivity index (χ1n) is 20.0. The van der Waals surface area contributed by atoms with E-state index in [4.69, 9.17) is 14.5 Å². The van der Waals surface area contributed by atoms with Crippen LogP contribution in [0.2, 0.25) is 0 Å². The van der Waals surface area contributed by atoms with Crippen molar-refractivity contribution in [1.82, 2.24) is 40.4 Å². The fourth-order valence-corrected chi connectivity index (χ4v) is 9.06. The van der Waals surface area contributed by atoms with Crippen LogP contribution in [0.5, 0.6) is 0 Å². The number of hydrogen-bond acceptors (Lipinski definition) is 9. The highest BCUT2D eigenvalue weighted by Crippen LogP contribution is 2.53. The zero-order valence-electron chi connectivity index (χ0n) is 33.3. The number of benzene rings is 1. The second-order valence-corrected chi connectivity index (χ2v) is 16.3. The molecule has 0 spiro atoms. The Morgan fingerprint density at radius 1 is 0.772 bits per heavy atom. The fourth-order valence-electron chi connectivity index (χ4n) is 9.06. The number of imidazole rings is 2. The Morgan fingerprint density at radius 3 is 1.82 bits per heavy atom. The molecule has 1 aliphatic carbocycles. The first kappa shape index (κ1) is 40.0. The molecule has 4 amide bonds. The zero-order chi connectivity index (χ0) is 40.7. The average Bonchev–Trinajstić information content (AvgIpc) is 3.72. The van der Waals surface area contributed by atoms with Gasteiger partial charge >= 0.3 is 12.2 Å². The minimum Gasteiger partial charge on any atom is -0.453 e. The second kappa shape index (κ2) is 16.3. The monoisotopic (exact) mass is 793 g/mol. The largest absolute Gasteiger partial charge is 0.453 e. The Labute approximate surface area is 330 Å². The molecule has 15 nitrogen and oxygen atoms in total. The van der Waals surface area contributed by atoms with Gasteiger partial charge in [-0.2, -0.15) is 0 Å². The van der Waals surface area contributed by atoms with Gasteiger partial charge in [-0.1, -0.05) is 27.7 Å². The number of anilines is 1. The summed E-state index contributed by atoms with van der Waals surface area (Å²) in [5, 5.41) is 5.31. The minimum absolute atomic E-state index is 0.0286. The van der Waals surface area contributed by atoms with Crippen LogP contribution in [0, 0.1) is 29.4 Å². The van der Waals surface area contributed by atoms with Gasteiger partial charge in [-0.25, -0.2) is 28.3 Å². The number of piperidine rings is 1. The molecule has 5 heterocycles. The standard InChI is InChI=1S/C40H53F2N9O6/c1-20(2)32(47-39(54)56-5)37(52)50-12-7-9-29(50)35-43-18-27(45-35)22-15-25(41)34(26(42)16-22)49-14-11-23(24-17-31(24)49)28-19-44-36(46-28)30-10-8-13-51(30)38(53)33(21(3)4)48-40(55)57-6/h15-16,18-21,23-24,29-33H,7-14,17H2,1-6H3,(H,43,45)(H,44,46)(H,47,54)(H,48,55)/t23?,24-,29+,30+,31-,32+,33+/m1/s1. The van der Waals surface area contributed by atoms with Gasteiger partial charge in [-0.15, -0.1) is 0 Å². The van der Waals surface area contributed by atoms with Gasteiger partial charge in [0.25, 0.3) is 0 Å². The number of rotatable bonds is 11. The maximum Gasteiger partial charge on any atom is 0.407 e. The number of alkyl carbamates (subject to hydrolysis) is 2. The van der Waals surface area contributed by atoms with E-state index in [1.54, 1.807) is 9.80 Å². The number of amides is 4. The molecular formula is C40H53F2N9O6. The summed E-state index contributed by atoms with van der Waals surface area (Å²) in [5.74, 6) is -0.529. The predicted molar refractivity (Wildman–Crippen MR) is 205 cm³/mol. The topological polar surface area (TPSA) is 178 Å². The Hall–Kier alpha value is -5.22. The number of H-pyrrole nitrogens is 2. The van der Waals surface area contributed by atoms with Gasteiger partial charge in [0.05, 0.1) is 38.2 Å². The van der Waals surface area contributed by atoms with Crippen molar-refractivity contribution in [2.45, 2.75) is 102 Å². The molecule has 3 aromatic rings. The van der Waals surface area contributed by atoms with Crippen LogP contribution in [0.25, 0.3) is 11.3 Å². The molecule has 4 fully saturated rings. The highest BCUT2D eigenvalue weighted by molar-refractivity contribution is 5.87. The summed E-state index contributed by atoms with van der Waals surface area (Å²) < 4.78 is 41.4. The number of nitrogens with zero attached hydrogens (tertiary/aromatic N) is 5. The maximum atomic E-state index is 15.9. The van der Waals surface area contributed by atoms with E-state index in [-0.39, 0.29) is 59.3 Å². The van der Waals surface area contributed by atoms with Gasteiger partial charge < -0.3 is 44.8 Å². The first-order chi connectivity index (χ1) is 27.3. The van der Waals surface area contributed by atoms with E-state index in [1.807, 2.05) is 38.8 Å². The van der Waals surface area contributed by atoms with Crippen molar-refractivity contribution < 1.29 is 37.4 Å². The van der Waals surface area contributed by atoms with Crippen LogP contribution in [0.4, 0.5) is 24.1 Å². The van der Waals surface area contributed by atoms with Gasteiger partial charge in [-0.05, 0) is 68.4 Å². The minimum atomic E-state index is -0.779. The lowest BCUT2D eigenvalue weighted by molar-refractivity contribution is -0.136. The number of halogens is 2. The predicted octanol–water partition coefficient (Wildman–Crippen LogP) is 5.55. The molecule has 1 unspecified atom stereocenters. The summed E-state index contributed by atoms with van der Waals surface area (Å²) in [6.45, 7) is 8.94. The van der Waals surface area contributed by atoms with E-state index >= 15 is 8.78 Å². The molecule has 0 radical (unpaired) electrons. The fraction of sp³-hybridized carbons (Fsp3) is 0.600. The summed E-state index contributed by atoms with van der Waals surface area (Å²) in [6, 6.07) is 0.488. The molecule has 17 heteroatoms. The van der Waals surface area contributed by atoms with Crippen LogP contribution in [0.3, 0.4) is 0 Å². The Bertz CT molecular complexity index is 1960. The lowest BCUT2D eigenvalue weighted by Crippen LogP contribution is -2.51. The molecular weight excluding hydrogens is 740 g/mol.